The molecule has 7 aromatic carbocycles. The Morgan fingerprint density at radius 1 is 0.356 bits per heavy atom. The summed E-state index contributed by atoms with van der Waals surface area (Å²) in [5, 5.41) is 6.88. The van der Waals surface area contributed by atoms with Gasteiger partial charge in [-0.05, 0) is 56.9 Å². The molecule has 0 bridgehead atoms. The van der Waals surface area contributed by atoms with Crippen LogP contribution in [-0.2, 0) is 0 Å². The highest BCUT2D eigenvalue weighted by atomic mass is 16.3. The van der Waals surface area contributed by atoms with Crippen molar-refractivity contribution in [2.75, 3.05) is 0 Å². The van der Waals surface area contributed by atoms with Crippen LogP contribution in [-0.4, -0.2) is 15.0 Å². The second-order valence-corrected chi connectivity index (χ2v) is 11.3. The first-order chi connectivity index (χ1) is 22.3. The van der Waals surface area contributed by atoms with Crippen LogP contribution in [0.25, 0.3) is 88.8 Å². The number of nitrogens with zero attached hydrogens (tertiary/aromatic N) is 3. The monoisotopic (exact) mass is 575 g/mol. The van der Waals surface area contributed by atoms with Crippen molar-refractivity contribution in [2.45, 2.75) is 0 Å². The lowest BCUT2D eigenvalue weighted by molar-refractivity contribution is 0.669. The van der Waals surface area contributed by atoms with Crippen LogP contribution in [0.3, 0.4) is 0 Å². The Morgan fingerprint density at radius 2 is 0.933 bits per heavy atom. The lowest BCUT2D eigenvalue weighted by atomic mass is 9.95. The Kier molecular flexibility index (Phi) is 5.78. The summed E-state index contributed by atoms with van der Waals surface area (Å²) in [5.41, 5.74) is 6.73. The Balaban J connectivity index is 1.24. The van der Waals surface area contributed by atoms with E-state index in [1.165, 1.54) is 16.2 Å². The van der Waals surface area contributed by atoms with Crippen molar-refractivity contribution in [1.82, 2.24) is 15.0 Å². The van der Waals surface area contributed by atoms with Crippen molar-refractivity contribution in [1.29, 1.82) is 0 Å². The van der Waals surface area contributed by atoms with E-state index in [1.807, 2.05) is 36.4 Å². The Bertz CT molecular complexity index is 2540. The molecule has 0 saturated carbocycles. The molecule has 4 heteroatoms. The first-order valence-electron chi connectivity index (χ1n) is 15.0. The van der Waals surface area contributed by atoms with Gasteiger partial charge in [0.05, 0.1) is 0 Å². The first-order valence-corrected chi connectivity index (χ1v) is 15.0. The van der Waals surface area contributed by atoms with E-state index in [-0.39, 0.29) is 0 Å². The Morgan fingerprint density at radius 3 is 1.69 bits per heavy atom. The highest BCUT2D eigenvalue weighted by Crippen LogP contribution is 2.41. The maximum atomic E-state index is 6.59. The van der Waals surface area contributed by atoms with Gasteiger partial charge in [0.1, 0.15) is 11.2 Å². The number of hydrogen-bond donors (Lipinski definition) is 0. The van der Waals surface area contributed by atoms with Gasteiger partial charge in [-0.3, -0.25) is 0 Å². The number of aromatic nitrogens is 3. The van der Waals surface area contributed by atoms with Gasteiger partial charge in [0, 0.05) is 27.5 Å². The molecule has 2 heterocycles. The third-order valence-corrected chi connectivity index (χ3v) is 8.50. The molecular formula is C41H25N3O. The van der Waals surface area contributed by atoms with Crippen LogP contribution >= 0.6 is 0 Å². The second-order valence-electron chi connectivity index (χ2n) is 11.3. The number of furan rings is 1. The summed E-state index contributed by atoms with van der Waals surface area (Å²) in [4.78, 5) is 14.9. The van der Waals surface area contributed by atoms with Crippen molar-refractivity contribution >= 4 is 43.5 Å². The van der Waals surface area contributed by atoms with E-state index < -0.39 is 0 Å². The van der Waals surface area contributed by atoms with Gasteiger partial charge in [0.2, 0.25) is 0 Å². The normalized spacial score (nSPS) is 11.6. The highest BCUT2D eigenvalue weighted by Gasteiger charge is 2.17. The van der Waals surface area contributed by atoms with Gasteiger partial charge >= 0.3 is 0 Å². The predicted octanol–water partition coefficient (Wildman–Crippen LogP) is 10.7. The van der Waals surface area contributed by atoms with Gasteiger partial charge in [-0.1, -0.05) is 127 Å². The fourth-order valence-corrected chi connectivity index (χ4v) is 6.31. The molecule has 0 aliphatic rings. The van der Waals surface area contributed by atoms with E-state index in [1.54, 1.807) is 0 Å². The van der Waals surface area contributed by atoms with E-state index in [4.69, 9.17) is 19.4 Å². The fourth-order valence-electron chi connectivity index (χ4n) is 6.31. The van der Waals surface area contributed by atoms with Crippen LogP contribution in [0, 0.1) is 0 Å². The smallest absolute Gasteiger partial charge is 0.164 e. The predicted molar refractivity (Wildman–Crippen MR) is 184 cm³/mol. The van der Waals surface area contributed by atoms with Gasteiger partial charge in [0.15, 0.2) is 17.5 Å². The molecule has 9 aromatic rings. The summed E-state index contributed by atoms with van der Waals surface area (Å²) in [6.07, 6.45) is 0. The summed E-state index contributed by atoms with van der Waals surface area (Å²) >= 11 is 0. The molecule has 0 unspecified atom stereocenters. The zero-order valence-electron chi connectivity index (χ0n) is 24.2. The molecule has 2 aromatic heterocycles. The molecule has 0 aliphatic heterocycles. The van der Waals surface area contributed by atoms with Crippen molar-refractivity contribution in [3.63, 3.8) is 0 Å². The topological polar surface area (TPSA) is 51.8 Å². The van der Waals surface area contributed by atoms with E-state index in [2.05, 4.69) is 115 Å². The lowest BCUT2D eigenvalue weighted by Crippen LogP contribution is -2.00. The molecule has 0 N–H and O–H groups in total. The molecule has 0 fully saturated rings. The number of rotatable bonds is 4. The summed E-state index contributed by atoms with van der Waals surface area (Å²) < 4.78 is 6.59. The third kappa shape index (κ3) is 4.35. The highest BCUT2D eigenvalue weighted by molar-refractivity contribution is 6.22. The largest absolute Gasteiger partial charge is 0.456 e. The molecule has 0 atom stereocenters. The van der Waals surface area contributed by atoms with E-state index in [0.717, 1.165) is 55.1 Å². The summed E-state index contributed by atoms with van der Waals surface area (Å²) in [6.45, 7) is 0. The van der Waals surface area contributed by atoms with Crippen LogP contribution in [0.15, 0.2) is 156 Å². The fraction of sp³-hybridized carbons (Fsp3) is 0. The zero-order valence-corrected chi connectivity index (χ0v) is 24.2. The molecule has 9 rings (SSSR count). The number of hydrogen-bond acceptors (Lipinski definition) is 4. The molecule has 0 radical (unpaired) electrons. The van der Waals surface area contributed by atoms with Crippen molar-refractivity contribution in [3.8, 4) is 45.3 Å². The van der Waals surface area contributed by atoms with E-state index in [0.29, 0.717) is 17.5 Å². The molecule has 0 amide bonds. The molecule has 0 spiro atoms. The molecule has 0 saturated heterocycles. The zero-order chi connectivity index (χ0) is 29.7. The molecule has 45 heavy (non-hydrogen) atoms. The standard InChI is InChI=1S/C41H25N3O/c1-3-12-27(13-4-1)35-25-37-38(33-18-10-9-17-32(33)35)34-22-21-31(24-36(34)45-37)41-43-39(28-14-5-2-6-15-28)42-40(44-41)30-20-19-26-11-7-8-16-29(26)23-30/h1-25H. The average molecular weight is 576 g/mol. The van der Waals surface area contributed by atoms with E-state index >= 15 is 0 Å². The molecule has 210 valence electrons. The number of benzene rings is 7. The summed E-state index contributed by atoms with van der Waals surface area (Å²) in [5.74, 6) is 1.86. The minimum Gasteiger partial charge on any atom is -0.456 e. The lowest BCUT2D eigenvalue weighted by Gasteiger charge is -2.09. The van der Waals surface area contributed by atoms with Gasteiger partial charge < -0.3 is 4.42 Å². The van der Waals surface area contributed by atoms with Gasteiger partial charge in [-0.25, -0.2) is 15.0 Å². The van der Waals surface area contributed by atoms with Gasteiger partial charge in [-0.2, -0.15) is 0 Å². The Labute approximate surface area is 259 Å². The van der Waals surface area contributed by atoms with Gasteiger partial charge in [-0.15, -0.1) is 0 Å². The quantitative estimate of drug-likeness (QED) is 0.209. The second kappa shape index (κ2) is 10.2. The van der Waals surface area contributed by atoms with Crippen LogP contribution in [0.2, 0.25) is 0 Å². The number of fused-ring (bicyclic) bond motifs is 6. The average Bonchev–Trinajstić information content (AvgIpc) is 3.50. The van der Waals surface area contributed by atoms with Crippen molar-refractivity contribution in [3.05, 3.63) is 152 Å². The maximum absolute atomic E-state index is 6.59. The minimum atomic E-state index is 0.601. The van der Waals surface area contributed by atoms with E-state index in [9.17, 15) is 0 Å². The third-order valence-electron chi connectivity index (χ3n) is 8.50. The maximum Gasteiger partial charge on any atom is 0.164 e. The van der Waals surface area contributed by atoms with Crippen LogP contribution < -0.4 is 0 Å². The molecule has 0 aliphatic carbocycles. The first kappa shape index (κ1) is 25.4. The van der Waals surface area contributed by atoms with Crippen molar-refractivity contribution in [2.24, 2.45) is 0 Å². The van der Waals surface area contributed by atoms with Gasteiger partial charge in [0.25, 0.3) is 0 Å². The summed E-state index contributed by atoms with van der Waals surface area (Å²) in [7, 11) is 0. The van der Waals surface area contributed by atoms with Crippen molar-refractivity contribution < 1.29 is 4.42 Å². The van der Waals surface area contributed by atoms with Crippen LogP contribution in [0.4, 0.5) is 0 Å². The van der Waals surface area contributed by atoms with Crippen LogP contribution in [0.5, 0.6) is 0 Å². The van der Waals surface area contributed by atoms with Crippen LogP contribution in [0.1, 0.15) is 0 Å². The SMILES string of the molecule is c1ccc(-c2nc(-c3ccc4ccccc4c3)nc(-c3ccc4c(c3)oc3cc(-c5ccccc5)c5ccccc5c34)n2)cc1. The Hall–Kier alpha value is -6.13. The minimum absolute atomic E-state index is 0.601. The summed E-state index contributed by atoms with van der Waals surface area (Å²) in [6, 6.07) is 52.2. The molecule has 4 nitrogen and oxygen atoms in total. The molecular weight excluding hydrogens is 550 g/mol.